The first kappa shape index (κ1) is 19.4. The van der Waals surface area contributed by atoms with Gasteiger partial charge in [-0.25, -0.2) is 4.39 Å². The third kappa shape index (κ3) is 5.07. The second kappa shape index (κ2) is 9.00. The average molecular weight is 369 g/mol. The zero-order valence-electron chi connectivity index (χ0n) is 16.1. The number of rotatable bonds is 5. The normalized spacial score (nSPS) is 16.6. The summed E-state index contributed by atoms with van der Waals surface area (Å²) < 4.78 is 13.1. The van der Waals surface area contributed by atoms with Crippen LogP contribution in [0.3, 0.4) is 0 Å². The molecule has 1 aliphatic rings. The Morgan fingerprint density at radius 2 is 1.81 bits per heavy atom. The van der Waals surface area contributed by atoms with Crippen molar-refractivity contribution in [2.75, 3.05) is 31.1 Å². The molecular formula is C22H28FN3O. The van der Waals surface area contributed by atoms with Crippen molar-refractivity contribution in [3.63, 3.8) is 0 Å². The highest BCUT2D eigenvalue weighted by Crippen LogP contribution is 2.18. The smallest absolute Gasteiger partial charge is 0.237 e. The van der Waals surface area contributed by atoms with Crippen molar-refractivity contribution < 1.29 is 9.18 Å². The molecule has 1 unspecified atom stereocenters. The predicted octanol–water partition coefficient (Wildman–Crippen LogP) is 3.35. The van der Waals surface area contributed by atoms with Gasteiger partial charge < -0.3 is 10.2 Å². The standard InChI is InChI=1S/C22H28FN3O/c1-17-6-3-4-7-19(17)16-24-22(27)18(2)25-12-5-13-26(15-14-25)21-10-8-20(23)9-11-21/h3-4,6-11,18H,5,12-16H2,1-2H3,(H,24,27). The summed E-state index contributed by atoms with van der Waals surface area (Å²) >= 11 is 0. The minimum Gasteiger partial charge on any atom is -0.370 e. The quantitative estimate of drug-likeness (QED) is 0.878. The van der Waals surface area contributed by atoms with E-state index in [0.717, 1.165) is 43.9 Å². The van der Waals surface area contributed by atoms with E-state index in [1.54, 1.807) is 0 Å². The van der Waals surface area contributed by atoms with Gasteiger partial charge in [-0.15, -0.1) is 0 Å². The molecule has 1 N–H and O–H groups in total. The Morgan fingerprint density at radius 1 is 1.07 bits per heavy atom. The van der Waals surface area contributed by atoms with E-state index in [-0.39, 0.29) is 17.8 Å². The van der Waals surface area contributed by atoms with Crippen LogP contribution in [0.4, 0.5) is 10.1 Å². The van der Waals surface area contributed by atoms with E-state index in [0.29, 0.717) is 6.54 Å². The lowest BCUT2D eigenvalue weighted by molar-refractivity contribution is -0.126. The van der Waals surface area contributed by atoms with Crippen LogP contribution in [0.5, 0.6) is 0 Å². The van der Waals surface area contributed by atoms with Gasteiger partial charge in [0.25, 0.3) is 0 Å². The second-order valence-corrected chi connectivity index (χ2v) is 7.17. The fraction of sp³-hybridized carbons (Fsp3) is 0.409. The molecule has 3 rings (SSSR count). The molecule has 1 saturated heterocycles. The lowest BCUT2D eigenvalue weighted by atomic mass is 10.1. The van der Waals surface area contributed by atoms with Gasteiger partial charge in [-0.1, -0.05) is 24.3 Å². The van der Waals surface area contributed by atoms with Crippen LogP contribution >= 0.6 is 0 Å². The van der Waals surface area contributed by atoms with E-state index in [4.69, 9.17) is 0 Å². The van der Waals surface area contributed by atoms with Gasteiger partial charge in [0.2, 0.25) is 5.91 Å². The Hall–Kier alpha value is -2.40. The van der Waals surface area contributed by atoms with Gasteiger partial charge in [0.05, 0.1) is 6.04 Å². The number of carbonyl (C=O) groups is 1. The summed E-state index contributed by atoms with van der Waals surface area (Å²) in [5.74, 6) is -0.150. The molecule has 0 aliphatic carbocycles. The number of hydrogen-bond acceptors (Lipinski definition) is 3. The van der Waals surface area contributed by atoms with Crippen LogP contribution in [0.2, 0.25) is 0 Å². The van der Waals surface area contributed by atoms with Crippen molar-refractivity contribution in [2.45, 2.75) is 32.9 Å². The average Bonchev–Trinajstić information content (AvgIpc) is 2.93. The zero-order chi connectivity index (χ0) is 19.2. The van der Waals surface area contributed by atoms with E-state index in [2.05, 4.69) is 28.1 Å². The van der Waals surface area contributed by atoms with Crippen LogP contribution < -0.4 is 10.2 Å². The van der Waals surface area contributed by atoms with Crippen LogP contribution in [0.1, 0.15) is 24.5 Å². The van der Waals surface area contributed by atoms with E-state index >= 15 is 0 Å². The van der Waals surface area contributed by atoms with Gasteiger partial charge in [-0.3, -0.25) is 9.69 Å². The molecule has 4 nitrogen and oxygen atoms in total. The Kier molecular flexibility index (Phi) is 6.45. The Balaban J connectivity index is 1.54. The molecule has 0 saturated carbocycles. The van der Waals surface area contributed by atoms with E-state index in [1.807, 2.05) is 37.3 Å². The van der Waals surface area contributed by atoms with Crippen LogP contribution in [0.25, 0.3) is 0 Å². The minimum absolute atomic E-state index is 0.0634. The highest BCUT2D eigenvalue weighted by atomic mass is 19.1. The Bertz CT molecular complexity index is 762. The first-order valence-corrected chi connectivity index (χ1v) is 9.61. The predicted molar refractivity (Wildman–Crippen MR) is 107 cm³/mol. The van der Waals surface area contributed by atoms with Gasteiger partial charge >= 0.3 is 0 Å². The fourth-order valence-corrected chi connectivity index (χ4v) is 3.54. The summed E-state index contributed by atoms with van der Waals surface area (Å²) in [5.41, 5.74) is 3.38. The topological polar surface area (TPSA) is 35.6 Å². The molecule has 2 aromatic carbocycles. The summed E-state index contributed by atoms with van der Waals surface area (Å²) in [6.45, 7) is 8.05. The van der Waals surface area contributed by atoms with Gasteiger partial charge in [0.1, 0.15) is 5.82 Å². The van der Waals surface area contributed by atoms with E-state index in [1.165, 1.54) is 17.7 Å². The van der Waals surface area contributed by atoms with Crippen molar-refractivity contribution in [1.29, 1.82) is 0 Å². The molecule has 0 radical (unpaired) electrons. The fourth-order valence-electron chi connectivity index (χ4n) is 3.54. The molecule has 5 heteroatoms. The highest BCUT2D eigenvalue weighted by Gasteiger charge is 2.24. The third-order valence-corrected chi connectivity index (χ3v) is 5.36. The van der Waals surface area contributed by atoms with E-state index in [9.17, 15) is 9.18 Å². The number of anilines is 1. The summed E-state index contributed by atoms with van der Waals surface area (Å²) in [5, 5.41) is 3.07. The van der Waals surface area contributed by atoms with Crippen molar-refractivity contribution >= 4 is 11.6 Å². The number of carbonyl (C=O) groups excluding carboxylic acids is 1. The zero-order valence-corrected chi connectivity index (χ0v) is 16.1. The Morgan fingerprint density at radius 3 is 2.56 bits per heavy atom. The van der Waals surface area contributed by atoms with Crippen molar-refractivity contribution in [3.8, 4) is 0 Å². The van der Waals surface area contributed by atoms with Gasteiger partial charge in [-0.2, -0.15) is 0 Å². The van der Waals surface area contributed by atoms with Crippen LogP contribution in [0.15, 0.2) is 48.5 Å². The molecule has 27 heavy (non-hydrogen) atoms. The van der Waals surface area contributed by atoms with Gasteiger partial charge in [0.15, 0.2) is 0 Å². The number of benzene rings is 2. The third-order valence-electron chi connectivity index (χ3n) is 5.36. The highest BCUT2D eigenvalue weighted by molar-refractivity contribution is 5.81. The molecule has 1 heterocycles. The van der Waals surface area contributed by atoms with Gasteiger partial charge in [0, 0.05) is 38.4 Å². The minimum atomic E-state index is -0.214. The first-order valence-electron chi connectivity index (χ1n) is 9.61. The van der Waals surface area contributed by atoms with Crippen LogP contribution in [0, 0.1) is 12.7 Å². The lowest BCUT2D eigenvalue weighted by Gasteiger charge is -2.27. The van der Waals surface area contributed by atoms with Crippen molar-refractivity contribution in [3.05, 3.63) is 65.5 Å². The van der Waals surface area contributed by atoms with Gasteiger partial charge in [-0.05, 0) is 55.7 Å². The number of amides is 1. The number of hydrogen-bond donors (Lipinski definition) is 1. The SMILES string of the molecule is Cc1ccccc1CNC(=O)C(C)N1CCCN(c2ccc(F)cc2)CC1. The molecule has 1 aliphatic heterocycles. The molecule has 144 valence electrons. The van der Waals surface area contributed by atoms with Crippen molar-refractivity contribution in [1.82, 2.24) is 10.2 Å². The maximum absolute atomic E-state index is 13.1. The maximum Gasteiger partial charge on any atom is 0.237 e. The maximum atomic E-state index is 13.1. The number of nitrogens with one attached hydrogen (secondary N) is 1. The Labute approximate surface area is 161 Å². The molecule has 1 fully saturated rings. The monoisotopic (exact) mass is 369 g/mol. The number of aryl methyl sites for hydroxylation is 1. The van der Waals surface area contributed by atoms with Crippen molar-refractivity contribution in [2.24, 2.45) is 0 Å². The summed E-state index contributed by atoms with van der Waals surface area (Å²) in [7, 11) is 0. The van der Waals surface area contributed by atoms with Crippen LogP contribution in [-0.4, -0.2) is 43.0 Å². The molecule has 0 spiro atoms. The van der Waals surface area contributed by atoms with E-state index < -0.39 is 0 Å². The number of halogens is 1. The lowest BCUT2D eigenvalue weighted by Crippen LogP contribution is -2.46. The summed E-state index contributed by atoms with van der Waals surface area (Å²) in [4.78, 5) is 17.1. The molecule has 1 amide bonds. The summed E-state index contributed by atoms with van der Waals surface area (Å²) in [6, 6.07) is 14.6. The molecule has 2 aromatic rings. The molecule has 1 atom stereocenters. The molecule has 0 aromatic heterocycles. The number of nitrogens with zero attached hydrogens (tertiary/aromatic N) is 2. The second-order valence-electron chi connectivity index (χ2n) is 7.17. The summed E-state index contributed by atoms with van der Waals surface area (Å²) in [6.07, 6.45) is 0.979. The van der Waals surface area contributed by atoms with Crippen LogP contribution in [-0.2, 0) is 11.3 Å². The largest absolute Gasteiger partial charge is 0.370 e. The molecule has 0 bridgehead atoms. The first-order chi connectivity index (χ1) is 13.0. The molecular weight excluding hydrogens is 341 g/mol.